The normalized spacial score (nSPS) is 12.4. The van der Waals surface area contributed by atoms with Crippen molar-refractivity contribution in [2.45, 2.75) is 13.3 Å². The SMILES string of the molecule is CCCOC(=O)c1ccc(NC(=O)c2ccc3c(c2)OCCO3)cc1. The van der Waals surface area contributed by atoms with Crippen LogP contribution in [-0.4, -0.2) is 31.7 Å². The van der Waals surface area contributed by atoms with Gasteiger partial charge in [-0.2, -0.15) is 0 Å². The lowest BCUT2D eigenvalue weighted by Gasteiger charge is -2.18. The van der Waals surface area contributed by atoms with Crippen LogP contribution in [0, 0.1) is 0 Å². The van der Waals surface area contributed by atoms with Crippen molar-refractivity contribution in [1.82, 2.24) is 0 Å². The summed E-state index contributed by atoms with van der Waals surface area (Å²) in [5, 5.41) is 2.79. The number of ether oxygens (including phenoxy) is 3. The molecule has 25 heavy (non-hydrogen) atoms. The number of fused-ring (bicyclic) bond motifs is 1. The lowest BCUT2D eigenvalue weighted by atomic mass is 10.1. The third kappa shape index (κ3) is 4.09. The van der Waals surface area contributed by atoms with Crippen molar-refractivity contribution >= 4 is 17.6 Å². The number of carbonyl (C=O) groups excluding carboxylic acids is 2. The maximum atomic E-state index is 12.4. The second-order valence-corrected chi connectivity index (χ2v) is 5.53. The Morgan fingerprint density at radius 1 is 1.00 bits per heavy atom. The molecule has 1 heterocycles. The molecule has 3 rings (SSSR count). The van der Waals surface area contributed by atoms with Crippen molar-refractivity contribution in [1.29, 1.82) is 0 Å². The molecule has 0 unspecified atom stereocenters. The highest BCUT2D eigenvalue weighted by Gasteiger charge is 2.15. The molecule has 6 heteroatoms. The Morgan fingerprint density at radius 2 is 1.68 bits per heavy atom. The predicted octanol–water partition coefficient (Wildman–Crippen LogP) is 3.28. The van der Waals surface area contributed by atoms with E-state index >= 15 is 0 Å². The highest BCUT2D eigenvalue weighted by molar-refractivity contribution is 6.04. The molecule has 0 atom stereocenters. The first-order valence-electron chi connectivity index (χ1n) is 8.15. The van der Waals surface area contributed by atoms with Crippen molar-refractivity contribution < 1.29 is 23.8 Å². The summed E-state index contributed by atoms with van der Waals surface area (Å²) in [6, 6.07) is 11.6. The van der Waals surface area contributed by atoms with E-state index in [0.29, 0.717) is 48.1 Å². The van der Waals surface area contributed by atoms with Crippen LogP contribution in [0.3, 0.4) is 0 Å². The third-order valence-electron chi connectivity index (χ3n) is 3.62. The second-order valence-electron chi connectivity index (χ2n) is 5.53. The van der Waals surface area contributed by atoms with Crippen LogP contribution < -0.4 is 14.8 Å². The minimum atomic E-state index is -0.369. The largest absolute Gasteiger partial charge is 0.486 e. The third-order valence-corrected chi connectivity index (χ3v) is 3.62. The van der Waals surface area contributed by atoms with Crippen LogP contribution in [0.15, 0.2) is 42.5 Å². The number of esters is 1. The van der Waals surface area contributed by atoms with Gasteiger partial charge in [0.2, 0.25) is 0 Å². The Kier molecular flexibility index (Phi) is 5.18. The van der Waals surface area contributed by atoms with Crippen LogP contribution in [0.2, 0.25) is 0 Å². The van der Waals surface area contributed by atoms with Gasteiger partial charge >= 0.3 is 5.97 Å². The average Bonchev–Trinajstić information content (AvgIpc) is 2.66. The number of amides is 1. The number of rotatable bonds is 5. The first kappa shape index (κ1) is 16.8. The maximum Gasteiger partial charge on any atom is 0.338 e. The van der Waals surface area contributed by atoms with Gasteiger partial charge in [0.05, 0.1) is 12.2 Å². The van der Waals surface area contributed by atoms with Crippen LogP contribution in [0.1, 0.15) is 34.1 Å². The molecule has 0 bridgehead atoms. The molecule has 0 fully saturated rings. The number of benzene rings is 2. The molecule has 6 nitrogen and oxygen atoms in total. The average molecular weight is 341 g/mol. The van der Waals surface area contributed by atoms with Crippen molar-refractivity contribution in [3.05, 3.63) is 53.6 Å². The Hall–Kier alpha value is -3.02. The summed E-state index contributed by atoms with van der Waals surface area (Å²) >= 11 is 0. The summed E-state index contributed by atoms with van der Waals surface area (Å²) in [5.74, 6) is 0.565. The molecule has 1 N–H and O–H groups in total. The van der Waals surface area contributed by atoms with Crippen LogP contribution in [0.25, 0.3) is 0 Å². The molecule has 0 radical (unpaired) electrons. The molecule has 130 valence electrons. The summed E-state index contributed by atoms with van der Waals surface area (Å²) in [6.07, 6.45) is 0.773. The Balaban J connectivity index is 1.65. The molecule has 1 aliphatic rings. The Labute approximate surface area is 145 Å². The van der Waals surface area contributed by atoms with Gasteiger partial charge < -0.3 is 19.5 Å². The van der Waals surface area contributed by atoms with E-state index in [1.165, 1.54) is 0 Å². The summed E-state index contributed by atoms with van der Waals surface area (Å²) in [5.41, 5.74) is 1.51. The van der Waals surface area contributed by atoms with E-state index < -0.39 is 0 Å². The van der Waals surface area contributed by atoms with E-state index in [9.17, 15) is 9.59 Å². The van der Waals surface area contributed by atoms with Gasteiger partial charge in [-0.25, -0.2) is 4.79 Å². The first-order valence-corrected chi connectivity index (χ1v) is 8.15. The van der Waals surface area contributed by atoms with Gasteiger partial charge in [0.15, 0.2) is 11.5 Å². The molecule has 0 saturated carbocycles. The topological polar surface area (TPSA) is 73.9 Å². The molecule has 1 amide bonds. The second kappa shape index (κ2) is 7.70. The molecule has 0 saturated heterocycles. The summed E-state index contributed by atoms with van der Waals surface area (Å²) in [7, 11) is 0. The molecule has 2 aromatic rings. The molecule has 2 aromatic carbocycles. The molecule has 0 aromatic heterocycles. The van der Waals surface area contributed by atoms with E-state index in [2.05, 4.69) is 5.32 Å². The highest BCUT2D eigenvalue weighted by atomic mass is 16.6. The van der Waals surface area contributed by atoms with Gasteiger partial charge in [-0.3, -0.25) is 4.79 Å². The van der Waals surface area contributed by atoms with E-state index in [1.807, 2.05) is 6.92 Å². The van der Waals surface area contributed by atoms with Crippen molar-refractivity contribution in [3.8, 4) is 11.5 Å². The van der Waals surface area contributed by atoms with E-state index in [0.717, 1.165) is 6.42 Å². The van der Waals surface area contributed by atoms with Crippen molar-refractivity contribution in [3.63, 3.8) is 0 Å². The zero-order valence-electron chi connectivity index (χ0n) is 13.9. The quantitative estimate of drug-likeness (QED) is 0.845. The van der Waals surface area contributed by atoms with Gasteiger partial charge in [0.25, 0.3) is 5.91 Å². The van der Waals surface area contributed by atoms with Crippen LogP contribution in [-0.2, 0) is 4.74 Å². The van der Waals surface area contributed by atoms with Crippen molar-refractivity contribution in [2.24, 2.45) is 0 Å². The monoisotopic (exact) mass is 341 g/mol. The lowest BCUT2D eigenvalue weighted by Crippen LogP contribution is -2.17. The summed E-state index contributed by atoms with van der Waals surface area (Å²) in [6.45, 7) is 3.30. The lowest BCUT2D eigenvalue weighted by molar-refractivity contribution is 0.0505. The van der Waals surface area contributed by atoms with Gasteiger partial charge in [-0.15, -0.1) is 0 Å². The molecular formula is C19H19NO5. The van der Waals surface area contributed by atoms with Gasteiger partial charge in [-0.1, -0.05) is 6.92 Å². The van der Waals surface area contributed by atoms with E-state index in [-0.39, 0.29) is 11.9 Å². The molecule has 1 aliphatic heterocycles. The zero-order valence-corrected chi connectivity index (χ0v) is 13.9. The van der Waals surface area contributed by atoms with Gasteiger partial charge in [0.1, 0.15) is 13.2 Å². The molecule has 0 spiro atoms. The molecule has 0 aliphatic carbocycles. The fourth-order valence-electron chi connectivity index (χ4n) is 2.36. The Morgan fingerprint density at radius 3 is 2.40 bits per heavy atom. The van der Waals surface area contributed by atoms with E-state index in [4.69, 9.17) is 14.2 Å². The minimum absolute atomic E-state index is 0.265. The predicted molar refractivity (Wildman–Crippen MR) is 92.4 cm³/mol. The van der Waals surface area contributed by atoms with Crippen LogP contribution >= 0.6 is 0 Å². The number of anilines is 1. The highest BCUT2D eigenvalue weighted by Crippen LogP contribution is 2.31. The number of hydrogen-bond acceptors (Lipinski definition) is 5. The van der Waals surface area contributed by atoms with Crippen LogP contribution in [0.4, 0.5) is 5.69 Å². The molecular weight excluding hydrogens is 322 g/mol. The summed E-state index contributed by atoms with van der Waals surface area (Å²) in [4.78, 5) is 24.1. The number of hydrogen-bond donors (Lipinski definition) is 1. The van der Waals surface area contributed by atoms with E-state index in [1.54, 1.807) is 42.5 Å². The number of carbonyl (C=O) groups is 2. The van der Waals surface area contributed by atoms with Gasteiger partial charge in [0, 0.05) is 11.3 Å². The fraction of sp³-hybridized carbons (Fsp3) is 0.263. The Bertz CT molecular complexity index is 770. The standard InChI is InChI=1S/C19H19NO5/c1-2-9-25-19(22)13-3-6-15(7-4-13)20-18(21)14-5-8-16-17(12-14)24-11-10-23-16/h3-8,12H,2,9-11H2,1H3,(H,20,21). The number of nitrogens with one attached hydrogen (secondary N) is 1. The minimum Gasteiger partial charge on any atom is -0.486 e. The summed E-state index contributed by atoms with van der Waals surface area (Å²) < 4.78 is 16.0. The smallest absolute Gasteiger partial charge is 0.338 e. The fourth-order valence-corrected chi connectivity index (χ4v) is 2.36. The maximum absolute atomic E-state index is 12.4. The van der Waals surface area contributed by atoms with Gasteiger partial charge in [-0.05, 0) is 48.9 Å². The van der Waals surface area contributed by atoms with Crippen molar-refractivity contribution in [2.75, 3.05) is 25.1 Å². The first-order chi connectivity index (χ1) is 12.2. The van der Waals surface area contributed by atoms with Crippen LogP contribution in [0.5, 0.6) is 11.5 Å². The zero-order chi connectivity index (χ0) is 17.6.